The number of halogens is 5. The van der Waals surface area contributed by atoms with Crippen LogP contribution in [0.4, 0.5) is 24.5 Å². The average molecular weight is 537 g/mol. The van der Waals surface area contributed by atoms with Crippen LogP contribution in [0.3, 0.4) is 0 Å². The molecule has 1 aliphatic rings. The molecule has 1 aliphatic heterocycles. The minimum Gasteiger partial charge on any atom is -0.506 e. The third kappa shape index (κ3) is 5.00. The van der Waals surface area contributed by atoms with Gasteiger partial charge >= 0.3 is 12.1 Å². The highest BCUT2D eigenvalue weighted by atomic mass is 35.5. The lowest BCUT2D eigenvalue weighted by Crippen LogP contribution is -2.32. The van der Waals surface area contributed by atoms with Crippen molar-refractivity contribution < 1.29 is 37.4 Å². The van der Waals surface area contributed by atoms with Crippen LogP contribution < -0.4 is 15.0 Å². The zero-order valence-electron chi connectivity index (χ0n) is 17.8. The van der Waals surface area contributed by atoms with Crippen LogP contribution in [0.1, 0.15) is 15.9 Å². The van der Waals surface area contributed by atoms with Gasteiger partial charge in [-0.25, -0.2) is 9.69 Å². The number of anilines is 2. The Morgan fingerprint density at radius 1 is 0.944 bits per heavy atom. The molecular formula is C24H13Cl2F3N2O5. The Balaban J connectivity index is 1.49. The molecule has 0 saturated heterocycles. The number of nitrogens with zero attached hydrogens (tertiary/aromatic N) is 1. The van der Waals surface area contributed by atoms with Gasteiger partial charge in [-0.1, -0.05) is 29.3 Å². The van der Waals surface area contributed by atoms with Gasteiger partial charge in [-0.3, -0.25) is 9.59 Å². The lowest BCUT2D eigenvalue weighted by molar-refractivity contribution is -0.137. The Morgan fingerprint density at radius 3 is 2.28 bits per heavy atom. The molecule has 36 heavy (non-hydrogen) atoms. The van der Waals surface area contributed by atoms with Crippen molar-refractivity contribution in [3.05, 3.63) is 93.6 Å². The normalized spacial score (nSPS) is 13.9. The van der Waals surface area contributed by atoms with Gasteiger partial charge in [0.1, 0.15) is 22.2 Å². The van der Waals surface area contributed by atoms with Crippen LogP contribution in [0.25, 0.3) is 0 Å². The van der Waals surface area contributed by atoms with Gasteiger partial charge in [-0.15, -0.1) is 0 Å². The predicted octanol–water partition coefficient (Wildman–Crippen LogP) is 5.72. The number of alkyl halides is 3. The number of amides is 2. The summed E-state index contributed by atoms with van der Waals surface area (Å²) in [7, 11) is 0. The number of aromatic hydroxyl groups is 1. The number of benzene rings is 3. The number of imide groups is 1. The number of carbonyl (C=O) groups excluding carboxylic acids is 3. The molecule has 3 aromatic carbocycles. The molecule has 0 radical (unpaired) electrons. The Kier molecular flexibility index (Phi) is 6.66. The summed E-state index contributed by atoms with van der Waals surface area (Å²) in [5.74, 6) is -2.89. The smallest absolute Gasteiger partial charge is 0.416 e. The van der Waals surface area contributed by atoms with E-state index in [2.05, 4.69) is 5.32 Å². The highest BCUT2D eigenvalue weighted by Gasteiger charge is 2.40. The highest BCUT2D eigenvalue weighted by molar-refractivity contribution is 6.53. The predicted molar refractivity (Wildman–Crippen MR) is 125 cm³/mol. The van der Waals surface area contributed by atoms with Crippen molar-refractivity contribution in [3.63, 3.8) is 0 Å². The number of ether oxygens (including phenoxy) is 1. The fourth-order valence-electron chi connectivity index (χ4n) is 3.22. The summed E-state index contributed by atoms with van der Waals surface area (Å²) >= 11 is 11.7. The van der Waals surface area contributed by atoms with E-state index in [4.69, 9.17) is 27.9 Å². The molecule has 0 bridgehead atoms. The van der Waals surface area contributed by atoms with Crippen molar-refractivity contribution in [2.24, 2.45) is 0 Å². The first kappa shape index (κ1) is 25.1. The van der Waals surface area contributed by atoms with E-state index in [1.165, 1.54) is 48.5 Å². The summed E-state index contributed by atoms with van der Waals surface area (Å²) in [6.07, 6.45) is -4.67. The zero-order chi connectivity index (χ0) is 26.2. The largest absolute Gasteiger partial charge is 0.506 e. The van der Waals surface area contributed by atoms with Gasteiger partial charge in [0, 0.05) is 11.8 Å². The summed E-state index contributed by atoms with van der Waals surface area (Å²) in [5.41, 5.74) is -1.29. The van der Waals surface area contributed by atoms with E-state index in [0.717, 1.165) is 12.1 Å². The van der Waals surface area contributed by atoms with E-state index in [1.54, 1.807) is 0 Å². The van der Waals surface area contributed by atoms with Gasteiger partial charge in [0.25, 0.3) is 11.8 Å². The number of rotatable bonds is 5. The number of carbonyl (C=O) groups is 3. The third-order valence-corrected chi connectivity index (χ3v) is 5.65. The van der Waals surface area contributed by atoms with Gasteiger partial charge in [-0.2, -0.15) is 13.2 Å². The first-order chi connectivity index (χ1) is 17.0. The van der Waals surface area contributed by atoms with E-state index in [-0.39, 0.29) is 39.2 Å². The molecule has 7 nitrogen and oxygen atoms in total. The van der Waals surface area contributed by atoms with Crippen molar-refractivity contribution in [1.29, 1.82) is 0 Å². The van der Waals surface area contributed by atoms with Crippen molar-refractivity contribution in [2.75, 3.05) is 10.2 Å². The second-order valence-corrected chi connectivity index (χ2v) is 8.17. The molecule has 0 unspecified atom stereocenters. The van der Waals surface area contributed by atoms with E-state index in [9.17, 15) is 32.7 Å². The molecule has 12 heteroatoms. The number of hydrogen-bond acceptors (Lipinski definition) is 6. The molecule has 2 amide bonds. The Labute approximate surface area is 211 Å². The van der Waals surface area contributed by atoms with Crippen LogP contribution in [0.2, 0.25) is 5.02 Å². The lowest BCUT2D eigenvalue weighted by Gasteiger charge is -2.17. The van der Waals surface area contributed by atoms with Crippen molar-refractivity contribution in [1.82, 2.24) is 0 Å². The van der Waals surface area contributed by atoms with Crippen molar-refractivity contribution in [3.8, 4) is 11.5 Å². The maximum absolute atomic E-state index is 13.0. The Bertz CT molecular complexity index is 1420. The van der Waals surface area contributed by atoms with Crippen LogP contribution in [-0.2, 0) is 15.8 Å². The summed E-state index contributed by atoms with van der Waals surface area (Å²) < 4.78 is 44.3. The average Bonchev–Trinajstić information content (AvgIpc) is 3.04. The van der Waals surface area contributed by atoms with Crippen molar-refractivity contribution in [2.45, 2.75) is 6.18 Å². The number of phenols is 1. The Hall–Kier alpha value is -4.02. The molecule has 1 heterocycles. The number of hydrogen-bond donors (Lipinski definition) is 2. The second-order valence-electron chi connectivity index (χ2n) is 7.39. The number of nitrogens with one attached hydrogen (secondary N) is 1. The summed E-state index contributed by atoms with van der Waals surface area (Å²) in [5, 5.41) is 11.8. The van der Waals surface area contributed by atoms with Gasteiger partial charge in [0.2, 0.25) is 0 Å². The van der Waals surface area contributed by atoms with Gasteiger partial charge < -0.3 is 15.2 Å². The molecule has 0 saturated carbocycles. The lowest BCUT2D eigenvalue weighted by atomic mass is 10.2. The molecule has 0 aromatic heterocycles. The minimum atomic E-state index is -4.67. The molecule has 0 spiro atoms. The fourth-order valence-corrected chi connectivity index (χ4v) is 3.55. The van der Waals surface area contributed by atoms with E-state index in [0.29, 0.717) is 11.0 Å². The van der Waals surface area contributed by atoms with Gasteiger partial charge in [0.15, 0.2) is 0 Å². The molecule has 4 rings (SSSR count). The summed E-state index contributed by atoms with van der Waals surface area (Å²) in [4.78, 5) is 38.3. The third-order valence-electron chi connectivity index (χ3n) is 4.98. The summed E-state index contributed by atoms with van der Waals surface area (Å²) in [6.45, 7) is 0. The molecule has 0 atom stereocenters. The van der Waals surface area contributed by atoms with E-state index in [1.807, 2.05) is 0 Å². The first-order valence-electron chi connectivity index (χ1n) is 9.99. The standard InChI is InChI=1S/C24H13Cl2F3N2O5/c25-17-9-8-16(11-18(17)32)36-23(35)12-4-6-14(7-5-12)30-20-19(26)21(33)31(22(20)34)15-3-1-2-13(10-15)24(27,28)29/h1-11,30,32H. The fraction of sp³-hybridized carbons (Fsp3) is 0.0417. The van der Waals surface area contributed by atoms with Gasteiger partial charge in [0.05, 0.1) is 21.8 Å². The minimum absolute atomic E-state index is 0.0609. The molecular weight excluding hydrogens is 524 g/mol. The maximum Gasteiger partial charge on any atom is 0.416 e. The monoisotopic (exact) mass is 536 g/mol. The Morgan fingerprint density at radius 2 is 1.64 bits per heavy atom. The van der Waals surface area contributed by atoms with Crippen LogP contribution in [0.15, 0.2) is 77.5 Å². The quantitative estimate of drug-likeness (QED) is 0.246. The van der Waals surface area contributed by atoms with Crippen LogP contribution >= 0.6 is 23.2 Å². The SMILES string of the molecule is O=C(Oc1ccc(Cl)c(O)c1)c1ccc(NC2=C(Cl)C(=O)N(c3cccc(C(F)(F)F)c3)C2=O)cc1. The maximum atomic E-state index is 13.0. The van der Waals surface area contributed by atoms with Crippen molar-refractivity contribution >= 4 is 52.4 Å². The molecule has 184 valence electrons. The zero-order valence-corrected chi connectivity index (χ0v) is 19.3. The summed E-state index contributed by atoms with van der Waals surface area (Å²) in [6, 6.07) is 13.2. The molecule has 0 fully saturated rings. The first-order valence-corrected chi connectivity index (χ1v) is 10.7. The second kappa shape index (κ2) is 9.56. The number of esters is 1. The van der Waals surface area contributed by atoms with Gasteiger partial charge in [-0.05, 0) is 54.6 Å². The molecule has 0 aliphatic carbocycles. The van der Waals surface area contributed by atoms with E-state index < -0.39 is 34.6 Å². The van der Waals surface area contributed by atoms with E-state index >= 15 is 0 Å². The number of phenolic OH excluding ortho intramolecular Hbond substituents is 1. The highest BCUT2D eigenvalue weighted by Crippen LogP contribution is 2.35. The molecule has 3 aromatic rings. The van der Waals surface area contributed by atoms with Crippen LogP contribution in [-0.4, -0.2) is 22.9 Å². The topological polar surface area (TPSA) is 95.9 Å². The van der Waals surface area contributed by atoms with Crippen LogP contribution in [0.5, 0.6) is 11.5 Å². The molecule has 2 N–H and O–H groups in total. The van der Waals surface area contributed by atoms with Crippen LogP contribution in [0, 0.1) is 0 Å².